The second kappa shape index (κ2) is 4.85. The van der Waals surface area contributed by atoms with Gasteiger partial charge in [0.25, 0.3) is 0 Å². The monoisotopic (exact) mass is 238 g/mol. The Labute approximate surface area is 100 Å². The number of rotatable bonds is 2. The lowest BCUT2D eigenvalue weighted by Gasteiger charge is -2.25. The molecule has 86 valence electrons. The van der Waals surface area contributed by atoms with E-state index in [-0.39, 0.29) is 11.8 Å². The van der Waals surface area contributed by atoms with Gasteiger partial charge >= 0.3 is 0 Å². The molecule has 0 radical (unpaired) electrons. The molecule has 0 saturated heterocycles. The Morgan fingerprint density at radius 1 is 1.50 bits per heavy atom. The fourth-order valence-corrected chi connectivity index (χ4v) is 2.03. The predicted octanol–water partition coefficient (Wildman–Crippen LogP) is 1.85. The Bertz CT molecular complexity index is 406. The molecule has 0 bridgehead atoms. The molecule has 3 nitrogen and oxygen atoms in total. The van der Waals surface area contributed by atoms with Crippen molar-refractivity contribution < 1.29 is 4.79 Å². The standard InChI is InChI=1S/C12H15ClN2O/c1-15-5-4-9-6-11(14-12(16)7-13)3-2-10(9)8-15/h2-3,6H,4-5,7-8H2,1H3,(H,14,16). The van der Waals surface area contributed by atoms with Crippen LogP contribution in [-0.4, -0.2) is 30.3 Å². The first-order valence-corrected chi connectivity index (χ1v) is 5.88. The van der Waals surface area contributed by atoms with Crippen molar-refractivity contribution in [3.05, 3.63) is 29.3 Å². The van der Waals surface area contributed by atoms with E-state index in [0.29, 0.717) is 0 Å². The van der Waals surface area contributed by atoms with Gasteiger partial charge in [0.1, 0.15) is 5.88 Å². The summed E-state index contributed by atoms with van der Waals surface area (Å²) in [7, 11) is 2.12. The highest BCUT2D eigenvalue weighted by Crippen LogP contribution is 2.21. The quantitative estimate of drug-likeness (QED) is 0.798. The van der Waals surface area contributed by atoms with Crippen molar-refractivity contribution in [3.63, 3.8) is 0 Å². The number of carbonyl (C=O) groups excluding carboxylic acids is 1. The largest absolute Gasteiger partial charge is 0.325 e. The van der Waals surface area contributed by atoms with Crippen molar-refractivity contribution in [3.8, 4) is 0 Å². The highest BCUT2D eigenvalue weighted by atomic mass is 35.5. The third kappa shape index (κ3) is 2.54. The SMILES string of the molecule is CN1CCc2cc(NC(=O)CCl)ccc2C1. The number of hydrogen-bond donors (Lipinski definition) is 1. The van der Waals surface area contributed by atoms with E-state index < -0.39 is 0 Å². The Hall–Kier alpha value is -1.06. The van der Waals surface area contributed by atoms with E-state index in [1.165, 1.54) is 11.1 Å². The van der Waals surface area contributed by atoms with Gasteiger partial charge in [-0.1, -0.05) is 6.07 Å². The number of hydrogen-bond acceptors (Lipinski definition) is 2. The smallest absolute Gasteiger partial charge is 0.239 e. The zero-order chi connectivity index (χ0) is 11.5. The summed E-state index contributed by atoms with van der Waals surface area (Å²) >= 11 is 5.45. The van der Waals surface area contributed by atoms with Crippen LogP contribution >= 0.6 is 11.6 Å². The fraction of sp³-hybridized carbons (Fsp3) is 0.417. The molecule has 0 unspecified atom stereocenters. The third-order valence-corrected chi connectivity index (χ3v) is 3.06. The topological polar surface area (TPSA) is 32.3 Å². The normalized spacial score (nSPS) is 15.6. The number of fused-ring (bicyclic) bond motifs is 1. The summed E-state index contributed by atoms with van der Waals surface area (Å²) in [4.78, 5) is 13.4. The van der Waals surface area contributed by atoms with E-state index in [0.717, 1.165) is 25.2 Å². The Balaban J connectivity index is 2.16. The molecule has 0 spiro atoms. The van der Waals surface area contributed by atoms with Crippen LogP contribution in [0, 0.1) is 0 Å². The van der Waals surface area contributed by atoms with Crippen molar-refractivity contribution in [2.24, 2.45) is 0 Å². The van der Waals surface area contributed by atoms with Gasteiger partial charge in [0.05, 0.1) is 0 Å². The van der Waals surface area contributed by atoms with Gasteiger partial charge in [0, 0.05) is 18.8 Å². The number of halogens is 1. The van der Waals surface area contributed by atoms with E-state index >= 15 is 0 Å². The average molecular weight is 239 g/mol. The number of anilines is 1. The Morgan fingerprint density at radius 3 is 3.06 bits per heavy atom. The molecule has 1 N–H and O–H groups in total. The minimum atomic E-state index is -0.158. The zero-order valence-corrected chi connectivity index (χ0v) is 10.0. The molecular formula is C12H15ClN2O. The van der Waals surface area contributed by atoms with Gasteiger partial charge in [-0.3, -0.25) is 4.79 Å². The van der Waals surface area contributed by atoms with Crippen LogP contribution in [0.15, 0.2) is 18.2 Å². The van der Waals surface area contributed by atoms with Gasteiger partial charge in [0.15, 0.2) is 0 Å². The third-order valence-electron chi connectivity index (χ3n) is 2.81. The summed E-state index contributed by atoms with van der Waals surface area (Å²) in [5.74, 6) is -0.158. The first-order valence-electron chi connectivity index (χ1n) is 5.35. The second-order valence-electron chi connectivity index (χ2n) is 4.15. The van der Waals surface area contributed by atoms with Crippen LogP contribution in [0.2, 0.25) is 0 Å². The van der Waals surface area contributed by atoms with Crippen LogP contribution < -0.4 is 5.32 Å². The molecule has 1 aromatic rings. The number of alkyl halides is 1. The van der Waals surface area contributed by atoms with Crippen molar-refractivity contribution in [1.29, 1.82) is 0 Å². The van der Waals surface area contributed by atoms with Gasteiger partial charge in [-0.15, -0.1) is 11.6 Å². The van der Waals surface area contributed by atoms with E-state index in [9.17, 15) is 4.79 Å². The number of carbonyl (C=O) groups is 1. The number of benzene rings is 1. The highest BCUT2D eigenvalue weighted by Gasteiger charge is 2.13. The van der Waals surface area contributed by atoms with Gasteiger partial charge in [0.2, 0.25) is 5.91 Å². The van der Waals surface area contributed by atoms with Crippen molar-refractivity contribution >= 4 is 23.2 Å². The van der Waals surface area contributed by atoms with E-state index in [1.54, 1.807) is 0 Å². The van der Waals surface area contributed by atoms with Crippen LogP contribution in [0.25, 0.3) is 0 Å². The molecule has 1 aliphatic heterocycles. The maximum Gasteiger partial charge on any atom is 0.239 e. The minimum absolute atomic E-state index is 0.000176. The van der Waals surface area contributed by atoms with Crippen molar-refractivity contribution in [1.82, 2.24) is 4.90 Å². The molecule has 0 fully saturated rings. The molecular weight excluding hydrogens is 224 g/mol. The molecule has 0 atom stereocenters. The number of nitrogens with one attached hydrogen (secondary N) is 1. The number of amides is 1. The maximum absolute atomic E-state index is 11.2. The summed E-state index contributed by atoms with van der Waals surface area (Å²) in [5, 5.41) is 2.77. The Kier molecular flexibility index (Phi) is 3.46. The van der Waals surface area contributed by atoms with Crippen LogP contribution in [0.4, 0.5) is 5.69 Å². The molecule has 4 heteroatoms. The average Bonchev–Trinajstić information content (AvgIpc) is 2.29. The van der Waals surface area contributed by atoms with E-state index in [1.807, 2.05) is 12.1 Å². The summed E-state index contributed by atoms with van der Waals surface area (Å²) in [6, 6.07) is 6.06. The van der Waals surface area contributed by atoms with E-state index in [2.05, 4.69) is 23.3 Å². The lowest BCUT2D eigenvalue weighted by Crippen LogP contribution is -2.26. The predicted molar refractivity (Wildman–Crippen MR) is 65.8 cm³/mol. The molecule has 1 heterocycles. The summed E-state index contributed by atoms with van der Waals surface area (Å²) in [6.45, 7) is 2.05. The van der Waals surface area contributed by atoms with Crippen LogP contribution in [0.5, 0.6) is 0 Å². The molecule has 0 aliphatic carbocycles. The van der Waals surface area contributed by atoms with Crippen LogP contribution in [0.3, 0.4) is 0 Å². The van der Waals surface area contributed by atoms with Crippen LogP contribution in [-0.2, 0) is 17.8 Å². The second-order valence-corrected chi connectivity index (χ2v) is 4.42. The van der Waals surface area contributed by atoms with Gasteiger partial charge in [-0.2, -0.15) is 0 Å². The van der Waals surface area contributed by atoms with Gasteiger partial charge in [-0.25, -0.2) is 0 Å². The lowest BCUT2D eigenvalue weighted by atomic mass is 9.99. The molecule has 0 aromatic heterocycles. The Morgan fingerprint density at radius 2 is 2.31 bits per heavy atom. The lowest BCUT2D eigenvalue weighted by molar-refractivity contribution is -0.113. The fourth-order valence-electron chi connectivity index (χ4n) is 1.97. The molecule has 16 heavy (non-hydrogen) atoms. The summed E-state index contributed by atoms with van der Waals surface area (Å²) in [5.41, 5.74) is 3.51. The molecule has 0 saturated carbocycles. The number of nitrogens with zero attached hydrogens (tertiary/aromatic N) is 1. The van der Waals surface area contributed by atoms with Crippen molar-refractivity contribution in [2.45, 2.75) is 13.0 Å². The van der Waals surface area contributed by atoms with Gasteiger partial charge in [-0.05, 0) is 36.7 Å². The summed E-state index contributed by atoms with van der Waals surface area (Å²) in [6.07, 6.45) is 1.04. The van der Waals surface area contributed by atoms with Gasteiger partial charge < -0.3 is 10.2 Å². The highest BCUT2D eigenvalue weighted by molar-refractivity contribution is 6.29. The zero-order valence-electron chi connectivity index (χ0n) is 9.29. The van der Waals surface area contributed by atoms with E-state index in [4.69, 9.17) is 11.6 Å². The molecule has 1 amide bonds. The molecule has 1 aliphatic rings. The number of likely N-dealkylation sites (N-methyl/N-ethyl adjacent to an activating group) is 1. The molecule has 2 rings (SSSR count). The molecule has 1 aromatic carbocycles. The summed E-state index contributed by atoms with van der Waals surface area (Å²) < 4.78 is 0. The first kappa shape index (κ1) is 11.4. The maximum atomic E-state index is 11.2. The minimum Gasteiger partial charge on any atom is -0.325 e. The van der Waals surface area contributed by atoms with Crippen LogP contribution in [0.1, 0.15) is 11.1 Å². The van der Waals surface area contributed by atoms with Crippen molar-refractivity contribution in [2.75, 3.05) is 24.8 Å². The first-order chi connectivity index (χ1) is 7.69.